The number of amides is 1. The number of nitrogens with one attached hydrogen (secondary N) is 1. The molecule has 0 spiro atoms. The van der Waals surface area contributed by atoms with Gasteiger partial charge >= 0.3 is 11.9 Å². The molecule has 1 heterocycles. The van der Waals surface area contributed by atoms with Crippen LogP contribution in [0.4, 0.5) is 0 Å². The number of aliphatic hydroxyl groups is 1. The summed E-state index contributed by atoms with van der Waals surface area (Å²) in [6, 6.07) is 8.60. The number of carbonyl (C=O) groups is 3. The Morgan fingerprint density at radius 1 is 1.16 bits per heavy atom. The molecule has 6 atom stereocenters. The molecule has 0 aliphatic carbocycles. The van der Waals surface area contributed by atoms with Gasteiger partial charge in [0.2, 0.25) is 0 Å². The van der Waals surface area contributed by atoms with Gasteiger partial charge in [0, 0.05) is 27.4 Å². The fraction of sp³-hybridized carbons (Fsp3) is 0.591. The number of benzene rings is 1. The van der Waals surface area contributed by atoms with E-state index >= 15 is 0 Å². The number of aliphatic hydroxyl groups excluding tert-OH is 1. The third kappa shape index (κ3) is 7.56. The van der Waals surface area contributed by atoms with Crippen molar-refractivity contribution in [2.75, 3.05) is 13.7 Å². The molecule has 1 aromatic carbocycles. The van der Waals surface area contributed by atoms with E-state index in [0.717, 1.165) is 5.56 Å². The lowest BCUT2D eigenvalue weighted by molar-refractivity contribution is -0.272. The third-order valence-corrected chi connectivity index (χ3v) is 4.94. The van der Waals surface area contributed by atoms with E-state index in [1.165, 1.54) is 21.0 Å². The van der Waals surface area contributed by atoms with Crippen molar-refractivity contribution in [3.8, 4) is 0 Å². The molecule has 2 N–H and O–H groups in total. The molecule has 0 saturated carbocycles. The van der Waals surface area contributed by atoms with Gasteiger partial charge in [0.25, 0.3) is 5.91 Å². The van der Waals surface area contributed by atoms with Gasteiger partial charge in [-0.25, -0.2) is 0 Å². The summed E-state index contributed by atoms with van der Waals surface area (Å²) in [4.78, 5) is 35.3. The molecule has 0 radical (unpaired) electrons. The summed E-state index contributed by atoms with van der Waals surface area (Å²) in [7, 11) is 1.40. The van der Waals surface area contributed by atoms with E-state index < -0.39 is 54.6 Å². The highest BCUT2D eigenvalue weighted by molar-refractivity contribution is 5.83. The number of rotatable bonds is 10. The summed E-state index contributed by atoms with van der Waals surface area (Å²) in [5.74, 6) is -1.79. The first-order chi connectivity index (χ1) is 15.2. The molecule has 32 heavy (non-hydrogen) atoms. The van der Waals surface area contributed by atoms with Crippen LogP contribution in [0.15, 0.2) is 30.3 Å². The Bertz CT molecular complexity index is 757. The molecule has 10 heteroatoms. The summed E-state index contributed by atoms with van der Waals surface area (Å²) in [6.45, 7) is 4.22. The Kier molecular flexibility index (Phi) is 10.0. The molecule has 1 saturated heterocycles. The van der Waals surface area contributed by atoms with Crippen molar-refractivity contribution in [2.24, 2.45) is 0 Å². The van der Waals surface area contributed by atoms with Gasteiger partial charge in [0.15, 0.2) is 12.4 Å². The van der Waals surface area contributed by atoms with Crippen molar-refractivity contribution in [3.05, 3.63) is 35.9 Å². The average molecular weight is 453 g/mol. The van der Waals surface area contributed by atoms with Crippen LogP contribution in [0.25, 0.3) is 0 Å². The first-order valence-electron chi connectivity index (χ1n) is 10.4. The summed E-state index contributed by atoms with van der Waals surface area (Å²) in [6.07, 6.45) is -4.78. The van der Waals surface area contributed by atoms with Gasteiger partial charge < -0.3 is 34.1 Å². The fourth-order valence-electron chi connectivity index (χ4n) is 3.39. The number of methoxy groups -OCH3 is 1. The molecule has 1 fully saturated rings. The van der Waals surface area contributed by atoms with Crippen molar-refractivity contribution in [1.29, 1.82) is 0 Å². The second-order valence-electron chi connectivity index (χ2n) is 7.46. The standard InChI is InChI=1S/C22H31NO9/c1-13-18(23-21(27)17(32-15(3)25)10-11-29-14(2)24)20(19(26)22(28-4)31-13)30-12-16-8-6-5-7-9-16/h5-9,13,17-20,22,26H,10-12H2,1-4H3,(H,23,27)/t13-,17-,18-,19+,20+,22+/m1/s1. The molecule has 1 aromatic rings. The fourth-order valence-corrected chi connectivity index (χ4v) is 3.39. The SMILES string of the molecule is CO[C@H]1O[C@H](C)[C@@H](NC(=O)[C@@H](CCOC(C)=O)OC(C)=O)[C@H](OCc2ccccc2)[C@@H]1O. The predicted molar refractivity (Wildman–Crippen MR) is 111 cm³/mol. The zero-order valence-corrected chi connectivity index (χ0v) is 18.7. The van der Waals surface area contributed by atoms with E-state index in [1.54, 1.807) is 6.92 Å². The van der Waals surface area contributed by atoms with Crippen LogP contribution in [0.5, 0.6) is 0 Å². The van der Waals surface area contributed by atoms with E-state index in [9.17, 15) is 19.5 Å². The van der Waals surface area contributed by atoms with E-state index in [4.69, 9.17) is 23.7 Å². The first kappa shape index (κ1) is 25.7. The minimum Gasteiger partial charge on any atom is -0.466 e. The number of esters is 2. The smallest absolute Gasteiger partial charge is 0.303 e. The predicted octanol–water partition coefficient (Wildman–Crippen LogP) is 0.694. The Hall–Kier alpha value is -2.53. The summed E-state index contributed by atoms with van der Waals surface area (Å²) >= 11 is 0. The number of carbonyl (C=O) groups excluding carboxylic acids is 3. The van der Waals surface area contributed by atoms with E-state index in [1.807, 2.05) is 30.3 Å². The van der Waals surface area contributed by atoms with Crippen LogP contribution < -0.4 is 5.32 Å². The molecule has 0 bridgehead atoms. The van der Waals surface area contributed by atoms with Gasteiger partial charge in [0.1, 0.15) is 12.2 Å². The maximum atomic E-state index is 12.9. The zero-order valence-electron chi connectivity index (χ0n) is 18.7. The number of ether oxygens (including phenoxy) is 5. The Morgan fingerprint density at radius 2 is 1.84 bits per heavy atom. The number of hydrogen-bond donors (Lipinski definition) is 2. The minimum atomic E-state index is -1.19. The van der Waals surface area contributed by atoms with E-state index in [0.29, 0.717) is 0 Å². The monoisotopic (exact) mass is 453 g/mol. The zero-order chi connectivity index (χ0) is 23.7. The molecule has 1 amide bonds. The van der Waals surface area contributed by atoms with Gasteiger partial charge in [-0.2, -0.15) is 0 Å². The first-order valence-corrected chi connectivity index (χ1v) is 10.4. The molecule has 1 aliphatic heterocycles. The van der Waals surface area contributed by atoms with Gasteiger partial charge in [-0.3, -0.25) is 14.4 Å². The molecular weight excluding hydrogens is 422 g/mol. The van der Waals surface area contributed by atoms with Gasteiger partial charge in [-0.05, 0) is 12.5 Å². The third-order valence-electron chi connectivity index (χ3n) is 4.94. The van der Waals surface area contributed by atoms with Gasteiger partial charge in [-0.15, -0.1) is 0 Å². The van der Waals surface area contributed by atoms with Crippen LogP contribution in [0.2, 0.25) is 0 Å². The average Bonchev–Trinajstić information content (AvgIpc) is 2.75. The van der Waals surface area contributed by atoms with E-state index in [-0.39, 0.29) is 19.6 Å². The highest BCUT2D eigenvalue weighted by Crippen LogP contribution is 2.25. The molecule has 1 aliphatic rings. The second kappa shape index (κ2) is 12.5. The largest absolute Gasteiger partial charge is 0.466 e. The molecule has 0 aromatic heterocycles. The molecule has 178 valence electrons. The molecule has 0 unspecified atom stereocenters. The van der Waals surface area contributed by atoms with Crippen molar-refractivity contribution in [1.82, 2.24) is 5.32 Å². The summed E-state index contributed by atoms with van der Waals surface area (Å²) in [5.41, 5.74) is 0.886. The Labute approximate surface area is 187 Å². The highest BCUT2D eigenvalue weighted by atomic mass is 16.7. The normalized spacial score (nSPS) is 26.1. The van der Waals surface area contributed by atoms with Crippen LogP contribution in [0, 0.1) is 0 Å². The molecule has 2 rings (SSSR count). The maximum Gasteiger partial charge on any atom is 0.303 e. The van der Waals surface area contributed by atoms with Crippen LogP contribution in [0.3, 0.4) is 0 Å². The van der Waals surface area contributed by atoms with Crippen molar-refractivity contribution in [2.45, 2.75) is 70.5 Å². The van der Waals surface area contributed by atoms with Crippen molar-refractivity contribution in [3.63, 3.8) is 0 Å². The Morgan fingerprint density at radius 3 is 2.44 bits per heavy atom. The Balaban J connectivity index is 2.13. The topological polar surface area (TPSA) is 130 Å². The number of hydrogen-bond acceptors (Lipinski definition) is 9. The van der Waals surface area contributed by atoms with E-state index in [2.05, 4.69) is 5.32 Å². The quantitative estimate of drug-likeness (QED) is 0.492. The van der Waals surface area contributed by atoms with Crippen LogP contribution in [-0.4, -0.2) is 73.4 Å². The van der Waals surface area contributed by atoms with Gasteiger partial charge in [0.05, 0.1) is 25.4 Å². The van der Waals surface area contributed by atoms with Crippen molar-refractivity contribution < 1.29 is 43.2 Å². The maximum absolute atomic E-state index is 12.9. The molecule has 10 nitrogen and oxygen atoms in total. The van der Waals surface area contributed by atoms with Crippen molar-refractivity contribution >= 4 is 17.8 Å². The highest BCUT2D eigenvalue weighted by Gasteiger charge is 2.46. The minimum absolute atomic E-state index is 0.0221. The summed E-state index contributed by atoms with van der Waals surface area (Å²) < 4.78 is 26.8. The summed E-state index contributed by atoms with van der Waals surface area (Å²) in [5, 5.41) is 13.5. The van der Waals surface area contributed by atoms with Crippen LogP contribution in [-0.2, 0) is 44.7 Å². The lowest BCUT2D eigenvalue weighted by Crippen LogP contribution is -2.64. The lowest BCUT2D eigenvalue weighted by Gasteiger charge is -2.43. The lowest BCUT2D eigenvalue weighted by atomic mass is 9.96. The second-order valence-corrected chi connectivity index (χ2v) is 7.46. The van der Waals surface area contributed by atoms with Crippen LogP contribution >= 0.6 is 0 Å². The molecular formula is C22H31NO9. The van der Waals surface area contributed by atoms with Crippen LogP contribution in [0.1, 0.15) is 32.8 Å². The van der Waals surface area contributed by atoms with Gasteiger partial charge in [-0.1, -0.05) is 30.3 Å².